The Morgan fingerprint density at radius 3 is 2.63 bits per heavy atom. The normalized spacial score (nSPS) is 12.0. The zero-order valence-corrected chi connectivity index (χ0v) is 17.9. The molecule has 0 aliphatic rings. The van der Waals surface area contributed by atoms with Gasteiger partial charge < -0.3 is 25.6 Å². The molecule has 1 aromatic carbocycles. The standard InChI is InChI=1S/C19H26N4O3.HI/c1-25-17-7-6-14(10-18(17)26-2)11-22-19(20)23-12-15(13-24)9-16-5-3-4-8-21-16;/h3-8,10,15,24H,9,11-13H2,1-2H3,(H3,20,22,23);1H. The van der Waals surface area contributed by atoms with Crippen molar-refractivity contribution in [3.8, 4) is 11.5 Å². The first-order valence-electron chi connectivity index (χ1n) is 8.41. The smallest absolute Gasteiger partial charge is 0.188 e. The van der Waals surface area contributed by atoms with E-state index in [2.05, 4.69) is 15.3 Å². The Hall–Kier alpha value is -2.07. The SMILES string of the molecule is COc1ccc(CN=C(N)NCC(CO)Cc2ccccn2)cc1OC.I. The molecule has 8 heteroatoms. The topological polar surface area (TPSA) is 102 Å². The molecule has 0 saturated heterocycles. The number of aliphatic hydroxyl groups is 1. The number of ether oxygens (including phenoxy) is 2. The summed E-state index contributed by atoms with van der Waals surface area (Å²) in [5.74, 6) is 1.67. The molecule has 7 nitrogen and oxygen atoms in total. The summed E-state index contributed by atoms with van der Waals surface area (Å²) in [5, 5.41) is 12.6. The number of methoxy groups -OCH3 is 2. The van der Waals surface area contributed by atoms with Gasteiger partial charge in [-0.05, 0) is 36.2 Å². The van der Waals surface area contributed by atoms with Crippen molar-refractivity contribution in [3.05, 3.63) is 53.9 Å². The third kappa shape index (κ3) is 7.59. The summed E-state index contributed by atoms with van der Waals surface area (Å²) in [6.07, 6.45) is 2.42. The van der Waals surface area contributed by atoms with Crippen molar-refractivity contribution in [1.82, 2.24) is 10.3 Å². The van der Waals surface area contributed by atoms with Crippen molar-refractivity contribution in [1.29, 1.82) is 0 Å². The lowest BCUT2D eigenvalue weighted by molar-refractivity contribution is 0.225. The molecule has 4 N–H and O–H groups in total. The Bertz CT molecular complexity index is 713. The zero-order chi connectivity index (χ0) is 18.8. The number of rotatable bonds is 9. The number of nitrogens with one attached hydrogen (secondary N) is 1. The monoisotopic (exact) mass is 486 g/mol. The second kappa shape index (κ2) is 12.3. The average Bonchev–Trinajstić information content (AvgIpc) is 2.69. The molecule has 0 aliphatic heterocycles. The largest absolute Gasteiger partial charge is 0.493 e. The summed E-state index contributed by atoms with van der Waals surface area (Å²) in [4.78, 5) is 8.61. The fourth-order valence-electron chi connectivity index (χ4n) is 2.48. The third-order valence-corrected chi connectivity index (χ3v) is 3.93. The van der Waals surface area contributed by atoms with E-state index < -0.39 is 0 Å². The lowest BCUT2D eigenvalue weighted by atomic mass is 10.0. The fourth-order valence-corrected chi connectivity index (χ4v) is 2.48. The summed E-state index contributed by atoms with van der Waals surface area (Å²) in [7, 11) is 3.19. The van der Waals surface area contributed by atoms with E-state index in [4.69, 9.17) is 15.2 Å². The maximum absolute atomic E-state index is 9.54. The van der Waals surface area contributed by atoms with Crippen LogP contribution in [-0.2, 0) is 13.0 Å². The van der Waals surface area contributed by atoms with E-state index in [1.807, 2.05) is 36.4 Å². The van der Waals surface area contributed by atoms with Crippen molar-refractivity contribution in [2.75, 3.05) is 27.4 Å². The first-order chi connectivity index (χ1) is 12.7. The molecule has 0 saturated carbocycles. The number of halogens is 1. The van der Waals surface area contributed by atoms with Gasteiger partial charge in [0, 0.05) is 31.0 Å². The molecule has 2 aromatic rings. The lowest BCUT2D eigenvalue weighted by Gasteiger charge is -2.15. The number of benzene rings is 1. The molecule has 0 fully saturated rings. The van der Waals surface area contributed by atoms with Gasteiger partial charge in [0.15, 0.2) is 17.5 Å². The number of aliphatic imine (C=N–C) groups is 1. The minimum Gasteiger partial charge on any atom is -0.493 e. The van der Waals surface area contributed by atoms with Crippen LogP contribution in [0.3, 0.4) is 0 Å². The minimum absolute atomic E-state index is 0. The van der Waals surface area contributed by atoms with Crippen molar-refractivity contribution < 1.29 is 14.6 Å². The van der Waals surface area contributed by atoms with E-state index in [1.54, 1.807) is 20.4 Å². The number of aliphatic hydroxyl groups excluding tert-OH is 1. The molecule has 148 valence electrons. The van der Waals surface area contributed by atoms with E-state index in [9.17, 15) is 5.11 Å². The molecule has 0 bridgehead atoms. The van der Waals surface area contributed by atoms with Gasteiger partial charge in [0.25, 0.3) is 0 Å². The van der Waals surface area contributed by atoms with Crippen LogP contribution in [0.1, 0.15) is 11.3 Å². The van der Waals surface area contributed by atoms with Gasteiger partial charge in [-0.25, -0.2) is 4.99 Å². The van der Waals surface area contributed by atoms with Gasteiger partial charge in [-0.1, -0.05) is 12.1 Å². The van der Waals surface area contributed by atoms with Crippen LogP contribution in [0.2, 0.25) is 0 Å². The van der Waals surface area contributed by atoms with E-state index in [0.717, 1.165) is 11.3 Å². The molecule has 0 radical (unpaired) electrons. The van der Waals surface area contributed by atoms with Crippen molar-refractivity contribution in [2.24, 2.45) is 16.6 Å². The predicted octanol–water partition coefficient (Wildman–Crippen LogP) is 1.97. The highest BCUT2D eigenvalue weighted by Gasteiger charge is 2.10. The maximum Gasteiger partial charge on any atom is 0.188 e. The van der Waals surface area contributed by atoms with Crippen LogP contribution in [0.15, 0.2) is 47.6 Å². The third-order valence-electron chi connectivity index (χ3n) is 3.93. The number of nitrogens with zero attached hydrogens (tertiary/aromatic N) is 2. The molecule has 1 heterocycles. The summed E-state index contributed by atoms with van der Waals surface area (Å²) in [6.45, 7) is 0.990. The van der Waals surface area contributed by atoms with Crippen molar-refractivity contribution in [2.45, 2.75) is 13.0 Å². The van der Waals surface area contributed by atoms with Crippen LogP contribution in [0, 0.1) is 5.92 Å². The summed E-state index contributed by atoms with van der Waals surface area (Å²) in [6, 6.07) is 11.4. The zero-order valence-electron chi connectivity index (χ0n) is 15.6. The number of hydrogen-bond acceptors (Lipinski definition) is 5. The number of pyridine rings is 1. The molecule has 27 heavy (non-hydrogen) atoms. The highest BCUT2D eigenvalue weighted by Crippen LogP contribution is 2.27. The quantitative estimate of drug-likeness (QED) is 0.285. The number of aromatic nitrogens is 1. The molecular weight excluding hydrogens is 459 g/mol. The highest BCUT2D eigenvalue weighted by molar-refractivity contribution is 14.0. The summed E-state index contributed by atoms with van der Waals surface area (Å²) >= 11 is 0. The minimum atomic E-state index is 0. The first kappa shape index (κ1) is 23.0. The number of nitrogens with two attached hydrogens (primary N) is 1. The molecular formula is C19H27IN4O3. The van der Waals surface area contributed by atoms with E-state index in [1.165, 1.54) is 0 Å². The average molecular weight is 486 g/mol. The van der Waals surface area contributed by atoms with Crippen LogP contribution >= 0.6 is 24.0 Å². The van der Waals surface area contributed by atoms with Gasteiger partial charge in [-0.2, -0.15) is 0 Å². The van der Waals surface area contributed by atoms with Gasteiger partial charge in [-0.3, -0.25) is 4.98 Å². The lowest BCUT2D eigenvalue weighted by Crippen LogP contribution is -2.37. The summed E-state index contributed by atoms with van der Waals surface area (Å²) < 4.78 is 10.5. The van der Waals surface area contributed by atoms with Crippen LogP contribution in [0.25, 0.3) is 0 Å². The van der Waals surface area contributed by atoms with Crippen molar-refractivity contribution >= 4 is 29.9 Å². The van der Waals surface area contributed by atoms with E-state index >= 15 is 0 Å². The number of guanidine groups is 1. The van der Waals surface area contributed by atoms with Gasteiger partial charge in [0.1, 0.15) is 0 Å². The van der Waals surface area contributed by atoms with Gasteiger partial charge in [0.2, 0.25) is 0 Å². The van der Waals surface area contributed by atoms with Gasteiger partial charge in [0.05, 0.1) is 20.8 Å². The molecule has 0 spiro atoms. The maximum atomic E-state index is 9.54. The first-order valence-corrected chi connectivity index (χ1v) is 8.41. The molecule has 1 unspecified atom stereocenters. The van der Waals surface area contributed by atoms with Crippen LogP contribution in [0.4, 0.5) is 0 Å². The van der Waals surface area contributed by atoms with Gasteiger partial charge in [-0.15, -0.1) is 24.0 Å². The van der Waals surface area contributed by atoms with E-state index in [-0.39, 0.29) is 36.5 Å². The Labute approximate surface area is 177 Å². The van der Waals surface area contributed by atoms with Gasteiger partial charge >= 0.3 is 0 Å². The number of hydrogen-bond donors (Lipinski definition) is 3. The molecule has 0 aliphatic carbocycles. The van der Waals surface area contributed by atoms with Crippen LogP contribution in [-0.4, -0.2) is 43.4 Å². The molecule has 2 rings (SSSR count). The Balaban J connectivity index is 0.00000364. The molecule has 1 aromatic heterocycles. The second-order valence-electron chi connectivity index (χ2n) is 5.85. The van der Waals surface area contributed by atoms with Crippen LogP contribution < -0.4 is 20.5 Å². The van der Waals surface area contributed by atoms with E-state index in [0.29, 0.717) is 37.0 Å². The second-order valence-corrected chi connectivity index (χ2v) is 5.85. The summed E-state index contributed by atoms with van der Waals surface area (Å²) in [5.41, 5.74) is 7.83. The Morgan fingerprint density at radius 2 is 2.00 bits per heavy atom. The Morgan fingerprint density at radius 1 is 1.22 bits per heavy atom. The highest BCUT2D eigenvalue weighted by atomic mass is 127. The molecule has 0 amide bonds. The molecule has 1 atom stereocenters. The van der Waals surface area contributed by atoms with Crippen LogP contribution in [0.5, 0.6) is 11.5 Å². The predicted molar refractivity (Wildman–Crippen MR) is 117 cm³/mol. The fraction of sp³-hybridized carbons (Fsp3) is 0.368. The van der Waals surface area contributed by atoms with Crippen molar-refractivity contribution in [3.63, 3.8) is 0 Å². The Kier molecular flexibility index (Phi) is 10.5.